The van der Waals surface area contributed by atoms with Crippen LogP contribution in [-0.2, 0) is 0 Å². The lowest BCUT2D eigenvalue weighted by Crippen LogP contribution is -1.83. The third-order valence-electron chi connectivity index (χ3n) is 1.72. The molecular formula is C9H7IO2. The molecule has 0 aliphatic heterocycles. The summed E-state index contributed by atoms with van der Waals surface area (Å²) in [4.78, 5) is 0. The van der Waals surface area contributed by atoms with Gasteiger partial charge in [0.15, 0.2) is 0 Å². The smallest absolute Gasteiger partial charge is 0.147 e. The summed E-state index contributed by atoms with van der Waals surface area (Å²) in [5.74, 6) is 0.869. The Morgan fingerprint density at radius 2 is 2.25 bits per heavy atom. The highest BCUT2D eigenvalue weighted by atomic mass is 127. The van der Waals surface area contributed by atoms with E-state index < -0.39 is 0 Å². The quantitative estimate of drug-likeness (QED) is 0.746. The van der Waals surface area contributed by atoms with Gasteiger partial charge >= 0.3 is 0 Å². The number of hydrogen-bond donors (Lipinski definition) is 0. The van der Waals surface area contributed by atoms with E-state index >= 15 is 0 Å². The molecule has 0 atom stereocenters. The molecule has 2 aromatic rings. The Labute approximate surface area is 83.6 Å². The van der Waals surface area contributed by atoms with Crippen LogP contribution in [0, 0.1) is 3.57 Å². The molecule has 0 unspecified atom stereocenters. The Morgan fingerprint density at radius 3 is 3.00 bits per heavy atom. The van der Waals surface area contributed by atoms with Crippen LogP contribution in [-0.4, -0.2) is 7.11 Å². The Hall–Kier alpha value is -0.710. The van der Waals surface area contributed by atoms with Crippen molar-refractivity contribution in [1.29, 1.82) is 0 Å². The molecule has 0 bridgehead atoms. The Balaban J connectivity index is 2.75. The van der Waals surface area contributed by atoms with Crippen molar-refractivity contribution in [3.05, 3.63) is 28.0 Å². The topological polar surface area (TPSA) is 22.4 Å². The minimum Gasteiger partial charge on any atom is -0.497 e. The van der Waals surface area contributed by atoms with Crippen molar-refractivity contribution in [2.45, 2.75) is 0 Å². The summed E-state index contributed by atoms with van der Waals surface area (Å²) in [6.45, 7) is 0. The summed E-state index contributed by atoms with van der Waals surface area (Å²) in [5.41, 5.74) is 0.927. The Bertz CT molecular complexity index is 406. The van der Waals surface area contributed by atoms with Crippen molar-refractivity contribution in [3.63, 3.8) is 0 Å². The highest BCUT2D eigenvalue weighted by Gasteiger charge is 2.03. The number of ether oxygens (including phenoxy) is 1. The van der Waals surface area contributed by atoms with Crippen LogP contribution in [0.25, 0.3) is 11.0 Å². The van der Waals surface area contributed by atoms with Gasteiger partial charge in [-0.15, -0.1) is 0 Å². The third kappa shape index (κ3) is 1.18. The van der Waals surface area contributed by atoms with Gasteiger partial charge < -0.3 is 9.15 Å². The van der Waals surface area contributed by atoms with Gasteiger partial charge in [0.1, 0.15) is 11.3 Å². The zero-order chi connectivity index (χ0) is 8.55. The fraction of sp³-hybridized carbons (Fsp3) is 0.111. The second kappa shape index (κ2) is 2.97. The molecule has 62 valence electrons. The van der Waals surface area contributed by atoms with Gasteiger partial charge in [-0.25, -0.2) is 0 Å². The van der Waals surface area contributed by atoms with Crippen molar-refractivity contribution in [1.82, 2.24) is 0 Å². The van der Waals surface area contributed by atoms with E-state index in [9.17, 15) is 0 Å². The van der Waals surface area contributed by atoms with E-state index in [0.29, 0.717) is 0 Å². The average Bonchev–Trinajstić information content (AvgIpc) is 2.52. The van der Waals surface area contributed by atoms with Crippen molar-refractivity contribution < 1.29 is 9.15 Å². The minimum absolute atomic E-state index is 0.869. The first-order valence-electron chi connectivity index (χ1n) is 3.52. The number of halogens is 1. The van der Waals surface area contributed by atoms with Gasteiger partial charge in [-0.05, 0) is 40.8 Å². The number of benzene rings is 1. The number of methoxy groups -OCH3 is 1. The fourth-order valence-electron chi connectivity index (χ4n) is 1.13. The Morgan fingerprint density at radius 1 is 1.42 bits per heavy atom. The van der Waals surface area contributed by atoms with Gasteiger partial charge in [-0.1, -0.05) is 0 Å². The maximum Gasteiger partial charge on any atom is 0.147 e. The molecule has 2 rings (SSSR count). The normalized spacial score (nSPS) is 10.5. The molecule has 0 radical (unpaired) electrons. The van der Waals surface area contributed by atoms with Gasteiger partial charge in [-0.2, -0.15) is 0 Å². The van der Waals surface area contributed by atoms with Gasteiger partial charge in [0, 0.05) is 5.39 Å². The fourth-order valence-corrected chi connectivity index (χ4v) is 1.88. The molecule has 12 heavy (non-hydrogen) atoms. The SMILES string of the molecule is COc1cc(I)c2occc2c1. The second-order valence-electron chi connectivity index (χ2n) is 2.45. The van der Waals surface area contributed by atoms with E-state index in [1.54, 1.807) is 13.4 Å². The van der Waals surface area contributed by atoms with Gasteiger partial charge in [0.2, 0.25) is 0 Å². The van der Waals surface area contributed by atoms with E-state index in [1.807, 2.05) is 18.2 Å². The largest absolute Gasteiger partial charge is 0.497 e. The van der Waals surface area contributed by atoms with Crippen LogP contribution < -0.4 is 4.74 Å². The number of rotatable bonds is 1. The average molecular weight is 274 g/mol. The summed E-state index contributed by atoms with van der Waals surface area (Å²) < 4.78 is 11.5. The lowest BCUT2D eigenvalue weighted by molar-refractivity contribution is 0.415. The molecule has 0 saturated carbocycles. The summed E-state index contributed by atoms with van der Waals surface area (Å²) in [6, 6.07) is 5.84. The molecule has 0 spiro atoms. The van der Waals surface area contributed by atoms with Crippen LogP contribution in [0.5, 0.6) is 5.75 Å². The molecule has 0 amide bonds. The molecular weight excluding hydrogens is 267 g/mol. The van der Waals surface area contributed by atoms with Crippen LogP contribution in [0.4, 0.5) is 0 Å². The maximum atomic E-state index is 5.29. The molecule has 1 heterocycles. The highest BCUT2D eigenvalue weighted by Crippen LogP contribution is 2.26. The van der Waals surface area contributed by atoms with Gasteiger partial charge in [-0.3, -0.25) is 0 Å². The highest BCUT2D eigenvalue weighted by molar-refractivity contribution is 14.1. The second-order valence-corrected chi connectivity index (χ2v) is 3.61. The zero-order valence-corrected chi connectivity index (χ0v) is 8.66. The molecule has 0 N–H and O–H groups in total. The standard InChI is InChI=1S/C9H7IO2/c1-11-7-4-6-2-3-12-9(6)8(10)5-7/h2-5H,1H3. The first kappa shape index (κ1) is 7.91. The van der Waals surface area contributed by atoms with Crippen molar-refractivity contribution in [3.8, 4) is 5.75 Å². The van der Waals surface area contributed by atoms with Crippen LogP contribution in [0.2, 0.25) is 0 Å². The van der Waals surface area contributed by atoms with Crippen molar-refractivity contribution >= 4 is 33.6 Å². The van der Waals surface area contributed by atoms with Crippen molar-refractivity contribution in [2.75, 3.05) is 7.11 Å². The van der Waals surface area contributed by atoms with Crippen LogP contribution >= 0.6 is 22.6 Å². The predicted octanol–water partition coefficient (Wildman–Crippen LogP) is 3.05. The first-order valence-corrected chi connectivity index (χ1v) is 4.60. The molecule has 3 heteroatoms. The summed E-state index contributed by atoms with van der Waals surface area (Å²) in [7, 11) is 1.66. The van der Waals surface area contributed by atoms with Crippen LogP contribution in [0.15, 0.2) is 28.9 Å². The molecule has 2 nitrogen and oxygen atoms in total. The monoisotopic (exact) mass is 274 g/mol. The first-order chi connectivity index (χ1) is 5.81. The molecule has 0 aliphatic rings. The maximum absolute atomic E-state index is 5.29. The molecule has 1 aromatic heterocycles. The predicted molar refractivity (Wildman–Crippen MR) is 55.5 cm³/mol. The summed E-state index contributed by atoms with van der Waals surface area (Å²) in [5, 5.41) is 1.08. The van der Waals surface area contributed by atoms with E-state index in [1.165, 1.54) is 0 Å². The molecule has 0 fully saturated rings. The van der Waals surface area contributed by atoms with E-state index in [0.717, 1.165) is 20.3 Å². The van der Waals surface area contributed by atoms with E-state index in [2.05, 4.69) is 22.6 Å². The van der Waals surface area contributed by atoms with Gasteiger partial charge in [0.25, 0.3) is 0 Å². The van der Waals surface area contributed by atoms with E-state index in [-0.39, 0.29) is 0 Å². The lowest BCUT2D eigenvalue weighted by Gasteiger charge is -1.99. The van der Waals surface area contributed by atoms with Crippen LogP contribution in [0.1, 0.15) is 0 Å². The Kier molecular flexibility index (Phi) is 1.96. The third-order valence-corrected chi connectivity index (χ3v) is 2.52. The van der Waals surface area contributed by atoms with Crippen molar-refractivity contribution in [2.24, 2.45) is 0 Å². The summed E-state index contributed by atoms with van der Waals surface area (Å²) in [6.07, 6.45) is 1.69. The number of furan rings is 1. The number of fused-ring (bicyclic) bond motifs is 1. The number of hydrogen-bond acceptors (Lipinski definition) is 2. The lowest BCUT2D eigenvalue weighted by atomic mass is 10.2. The zero-order valence-electron chi connectivity index (χ0n) is 6.50. The van der Waals surface area contributed by atoms with Crippen LogP contribution in [0.3, 0.4) is 0 Å². The summed E-state index contributed by atoms with van der Waals surface area (Å²) >= 11 is 2.23. The molecule has 0 aliphatic carbocycles. The molecule has 1 aromatic carbocycles. The minimum atomic E-state index is 0.869. The van der Waals surface area contributed by atoms with Gasteiger partial charge in [0.05, 0.1) is 16.9 Å². The molecule has 0 saturated heterocycles. The van der Waals surface area contributed by atoms with E-state index in [4.69, 9.17) is 9.15 Å².